The highest BCUT2D eigenvalue weighted by Crippen LogP contribution is 2.18. The summed E-state index contributed by atoms with van der Waals surface area (Å²) in [5.41, 5.74) is 3.27. The number of aliphatic hydroxyl groups is 1. The van der Waals surface area contributed by atoms with Crippen LogP contribution < -0.4 is 10.2 Å². The van der Waals surface area contributed by atoms with Crippen LogP contribution in [0.15, 0.2) is 48.7 Å². The fourth-order valence-corrected chi connectivity index (χ4v) is 2.21. The van der Waals surface area contributed by atoms with Crippen molar-refractivity contribution in [1.82, 2.24) is 10.3 Å². The third-order valence-corrected chi connectivity index (χ3v) is 3.60. The van der Waals surface area contributed by atoms with Crippen LogP contribution >= 0.6 is 0 Å². The standard InChI is InChI=1S/C17H23N3O/c1-14(18-2)17-9-8-16(12-19-17)20(10-11-21)13-15-6-4-3-5-7-15/h3-9,12,14,18,21H,10-11,13H2,1-2H3. The number of hydrogen-bond donors (Lipinski definition) is 2. The van der Waals surface area contributed by atoms with Crippen molar-refractivity contribution in [3.8, 4) is 0 Å². The van der Waals surface area contributed by atoms with Crippen LogP contribution in [0.2, 0.25) is 0 Å². The molecule has 112 valence electrons. The van der Waals surface area contributed by atoms with E-state index < -0.39 is 0 Å². The zero-order valence-corrected chi connectivity index (χ0v) is 12.7. The van der Waals surface area contributed by atoms with Crippen molar-refractivity contribution in [2.45, 2.75) is 19.5 Å². The molecule has 4 heteroatoms. The predicted octanol–water partition coefficient (Wildman–Crippen LogP) is 2.36. The van der Waals surface area contributed by atoms with Crippen molar-refractivity contribution in [3.05, 3.63) is 59.9 Å². The van der Waals surface area contributed by atoms with E-state index in [9.17, 15) is 5.11 Å². The second kappa shape index (κ2) is 7.76. The second-order valence-corrected chi connectivity index (χ2v) is 5.08. The van der Waals surface area contributed by atoms with Crippen LogP contribution in [0.1, 0.15) is 24.2 Å². The molecule has 0 amide bonds. The average molecular weight is 285 g/mol. The zero-order chi connectivity index (χ0) is 15.1. The van der Waals surface area contributed by atoms with E-state index in [1.807, 2.05) is 37.5 Å². The summed E-state index contributed by atoms with van der Waals surface area (Å²) in [6.07, 6.45) is 1.88. The van der Waals surface area contributed by atoms with Crippen LogP contribution in [-0.4, -0.2) is 30.3 Å². The Bertz CT molecular complexity index is 527. The van der Waals surface area contributed by atoms with E-state index in [0.717, 1.165) is 17.9 Å². The number of anilines is 1. The Morgan fingerprint density at radius 2 is 1.95 bits per heavy atom. The van der Waals surface area contributed by atoms with Gasteiger partial charge in [0.15, 0.2) is 0 Å². The SMILES string of the molecule is CNC(C)c1ccc(N(CCO)Cc2ccccc2)cn1. The normalized spacial score (nSPS) is 12.1. The molecule has 0 saturated carbocycles. The molecule has 0 aliphatic carbocycles. The number of hydrogen-bond acceptors (Lipinski definition) is 4. The monoisotopic (exact) mass is 285 g/mol. The van der Waals surface area contributed by atoms with E-state index in [1.54, 1.807) is 0 Å². The highest BCUT2D eigenvalue weighted by Gasteiger charge is 2.09. The molecule has 2 rings (SSSR count). The number of nitrogens with one attached hydrogen (secondary N) is 1. The van der Waals surface area contributed by atoms with Gasteiger partial charge in [-0.15, -0.1) is 0 Å². The molecule has 0 radical (unpaired) electrons. The van der Waals surface area contributed by atoms with Gasteiger partial charge in [-0.3, -0.25) is 4.98 Å². The second-order valence-electron chi connectivity index (χ2n) is 5.08. The van der Waals surface area contributed by atoms with Gasteiger partial charge in [0, 0.05) is 19.1 Å². The third-order valence-electron chi connectivity index (χ3n) is 3.60. The molecule has 1 atom stereocenters. The molecular formula is C17H23N3O. The Hall–Kier alpha value is -1.91. The molecule has 4 nitrogen and oxygen atoms in total. The molecule has 2 aromatic rings. The van der Waals surface area contributed by atoms with Crippen molar-refractivity contribution >= 4 is 5.69 Å². The Labute approximate surface area is 126 Å². The minimum absolute atomic E-state index is 0.126. The molecular weight excluding hydrogens is 262 g/mol. The lowest BCUT2D eigenvalue weighted by Crippen LogP contribution is -2.26. The first-order chi connectivity index (χ1) is 10.2. The van der Waals surface area contributed by atoms with Crippen LogP contribution in [0, 0.1) is 0 Å². The van der Waals surface area contributed by atoms with Gasteiger partial charge in [-0.05, 0) is 31.7 Å². The van der Waals surface area contributed by atoms with Gasteiger partial charge in [-0.25, -0.2) is 0 Å². The third kappa shape index (κ3) is 4.28. The van der Waals surface area contributed by atoms with Gasteiger partial charge in [-0.1, -0.05) is 30.3 Å². The van der Waals surface area contributed by atoms with Crippen LogP contribution in [0.3, 0.4) is 0 Å². The number of rotatable bonds is 7. The fourth-order valence-electron chi connectivity index (χ4n) is 2.21. The van der Waals surface area contributed by atoms with Crippen LogP contribution in [0.5, 0.6) is 0 Å². The van der Waals surface area contributed by atoms with E-state index in [4.69, 9.17) is 0 Å². The fraction of sp³-hybridized carbons (Fsp3) is 0.353. The maximum atomic E-state index is 9.28. The Morgan fingerprint density at radius 1 is 1.19 bits per heavy atom. The van der Waals surface area contributed by atoms with Crippen LogP contribution in [0.4, 0.5) is 5.69 Å². The summed E-state index contributed by atoms with van der Waals surface area (Å²) in [6.45, 7) is 3.57. The lowest BCUT2D eigenvalue weighted by atomic mass is 10.2. The lowest BCUT2D eigenvalue weighted by Gasteiger charge is -2.24. The summed E-state index contributed by atoms with van der Waals surface area (Å²) in [5, 5.41) is 12.5. The molecule has 1 aromatic heterocycles. The molecule has 0 aliphatic rings. The van der Waals surface area contributed by atoms with Crippen LogP contribution in [-0.2, 0) is 6.54 Å². The average Bonchev–Trinajstić information content (AvgIpc) is 2.55. The first-order valence-corrected chi connectivity index (χ1v) is 7.27. The quantitative estimate of drug-likeness (QED) is 0.820. The van der Waals surface area contributed by atoms with Crippen molar-refractivity contribution in [2.24, 2.45) is 0 Å². The molecule has 21 heavy (non-hydrogen) atoms. The first kappa shape index (κ1) is 15.5. The summed E-state index contributed by atoms with van der Waals surface area (Å²) in [5.74, 6) is 0. The molecule has 1 aromatic carbocycles. The summed E-state index contributed by atoms with van der Waals surface area (Å²) < 4.78 is 0. The molecule has 2 N–H and O–H groups in total. The molecule has 0 aliphatic heterocycles. The largest absolute Gasteiger partial charge is 0.395 e. The van der Waals surface area contributed by atoms with Crippen molar-refractivity contribution in [3.63, 3.8) is 0 Å². The maximum absolute atomic E-state index is 9.28. The van der Waals surface area contributed by atoms with Crippen LogP contribution in [0.25, 0.3) is 0 Å². The van der Waals surface area contributed by atoms with Crippen molar-refractivity contribution in [1.29, 1.82) is 0 Å². The molecule has 0 saturated heterocycles. The molecule has 1 unspecified atom stereocenters. The van der Waals surface area contributed by atoms with Crippen molar-refractivity contribution < 1.29 is 5.11 Å². The minimum atomic E-state index is 0.126. The predicted molar refractivity (Wildman–Crippen MR) is 86.3 cm³/mol. The number of aliphatic hydroxyl groups excluding tert-OH is 1. The number of aromatic nitrogens is 1. The molecule has 0 fully saturated rings. The van der Waals surface area contributed by atoms with Gasteiger partial charge < -0.3 is 15.3 Å². The smallest absolute Gasteiger partial charge is 0.0606 e. The van der Waals surface area contributed by atoms with Gasteiger partial charge in [0.05, 0.1) is 24.2 Å². The van der Waals surface area contributed by atoms with E-state index in [1.165, 1.54) is 5.56 Å². The highest BCUT2D eigenvalue weighted by atomic mass is 16.3. The first-order valence-electron chi connectivity index (χ1n) is 7.27. The zero-order valence-electron chi connectivity index (χ0n) is 12.7. The maximum Gasteiger partial charge on any atom is 0.0606 e. The Balaban J connectivity index is 2.14. The van der Waals surface area contributed by atoms with Gasteiger partial charge in [0.25, 0.3) is 0 Å². The summed E-state index contributed by atoms with van der Waals surface area (Å²) in [4.78, 5) is 6.64. The van der Waals surface area contributed by atoms with Crippen molar-refractivity contribution in [2.75, 3.05) is 25.1 Å². The van der Waals surface area contributed by atoms with Gasteiger partial charge in [0.1, 0.15) is 0 Å². The summed E-state index contributed by atoms with van der Waals surface area (Å²) >= 11 is 0. The highest BCUT2D eigenvalue weighted by molar-refractivity contribution is 5.45. The Kier molecular flexibility index (Phi) is 5.72. The van der Waals surface area contributed by atoms with E-state index in [0.29, 0.717) is 6.54 Å². The van der Waals surface area contributed by atoms with Gasteiger partial charge in [0.2, 0.25) is 0 Å². The summed E-state index contributed by atoms with van der Waals surface area (Å²) in [7, 11) is 1.92. The van der Waals surface area contributed by atoms with Gasteiger partial charge >= 0.3 is 0 Å². The van der Waals surface area contributed by atoms with E-state index >= 15 is 0 Å². The minimum Gasteiger partial charge on any atom is -0.395 e. The lowest BCUT2D eigenvalue weighted by molar-refractivity contribution is 0.301. The topological polar surface area (TPSA) is 48.4 Å². The molecule has 0 spiro atoms. The molecule has 1 heterocycles. The van der Waals surface area contributed by atoms with Gasteiger partial charge in [-0.2, -0.15) is 0 Å². The Morgan fingerprint density at radius 3 is 2.52 bits per heavy atom. The summed E-state index contributed by atoms with van der Waals surface area (Å²) in [6, 6.07) is 14.6. The molecule has 0 bridgehead atoms. The number of pyridine rings is 1. The van der Waals surface area contributed by atoms with E-state index in [2.05, 4.69) is 40.3 Å². The van der Waals surface area contributed by atoms with E-state index in [-0.39, 0.29) is 12.6 Å². The number of benzene rings is 1. The number of nitrogens with zero attached hydrogens (tertiary/aromatic N) is 2.